The molecule has 1 aliphatic rings. The van der Waals surface area contributed by atoms with Crippen molar-refractivity contribution in [3.63, 3.8) is 0 Å². The van der Waals surface area contributed by atoms with Gasteiger partial charge in [-0.15, -0.1) is 0 Å². The van der Waals surface area contributed by atoms with Crippen molar-refractivity contribution in [1.82, 2.24) is 10.1 Å². The van der Waals surface area contributed by atoms with Crippen molar-refractivity contribution in [2.45, 2.75) is 63.4 Å². The van der Waals surface area contributed by atoms with E-state index in [1.807, 2.05) is 0 Å². The molecule has 1 heterocycles. The first-order valence-electron chi connectivity index (χ1n) is 7.31. The highest BCUT2D eigenvalue weighted by Gasteiger charge is 2.37. The Kier molecular flexibility index (Phi) is 4.93. The van der Waals surface area contributed by atoms with Crippen LogP contribution in [0.4, 0.5) is 0 Å². The van der Waals surface area contributed by atoms with Crippen LogP contribution in [-0.4, -0.2) is 23.8 Å². The summed E-state index contributed by atoms with van der Waals surface area (Å²) in [6.07, 6.45) is 7.67. The predicted octanol–water partition coefficient (Wildman–Crippen LogP) is 2.72. The second kappa shape index (κ2) is 6.48. The molecule has 5 heteroatoms. The molecule has 2 N–H and O–H groups in total. The Morgan fingerprint density at radius 2 is 2.00 bits per heavy atom. The van der Waals surface area contributed by atoms with Gasteiger partial charge in [-0.05, 0) is 25.8 Å². The average molecular weight is 267 g/mol. The molecule has 0 aromatic carbocycles. The summed E-state index contributed by atoms with van der Waals surface area (Å²) in [5.74, 6) is 1.61. The molecule has 0 spiro atoms. The van der Waals surface area contributed by atoms with Crippen LogP contribution in [0.2, 0.25) is 0 Å². The fraction of sp³-hybridized carbons (Fsp3) is 0.857. The van der Waals surface area contributed by atoms with Gasteiger partial charge in [0.1, 0.15) is 5.60 Å². The number of nitrogens with two attached hydrogens (primary N) is 1. The van der Waals surface area contributed by atoms with Crippen molar-refractivity contribution in [3.8, 4) is 0 Å². The molecule has 19 heavy (non-hydrogen) atoms. The second-order valence-corrected chi connectivity index (χ2v) is 5.55. The largest absolute Gasteiger partial charge is 0.370 e. The Morgan fingerprint density at radius 3 is 2.58 bits per heavy atom. The third kappa shape index (κ3) is 3.15. The smallest absolute Gasteiger partial charge is 0.229 e. The molecular formula is C14H25N3O2. The summed E-state index contributed by atoms with van der Waals surface area (Å²) in [5.41, 5.74) is 5.23. The number of rotatable bonds is 5. The number of methoxy groups -OCH3 is 1. The van der Waals surface area contributed by atoms with Gasteiger partial charge in [-0.2, -0.15) is 4.98 Å². The van der Waals surface area contributed by atoms with Gasteiger partial charge in [-0.1, -0.05) is 37.8 Å². The van der Waals surface area contributed by atoms with Gasteiger partial charge in [-0.3, -0.25) is 0 Å². The third-order valence-corrected chi connectivity index (χ3v) is 4.17. The molecular weight excluding hydrogens is 242 g/mol. The van der Waals surface area contributed by atoms with Gasteiger partial charge in [0.05, 0.1) is 0 Å². The Labute approximate surface area is 114 Å². The fourth-order valence-corrected chi connectivity index (χ4v) is 2.81. The highest BCUT2D eigenvalue weighted by atomic mass is 16.5. The molecule has 1 unspecified atom stereocenters. The lowest BCUT2D eigenvalue weighted by Gasteiger charge is -2.27. The van der Waals surface area contributed by atoms with Crippen molar-refractivity contribution in [1.29, 1.82) is 0 Å². The first kappa shape index (κ1) is 14.5. The van der Waals surface area contributed by atoms with Crippen molar-refractivity contribution in [2.75, 3.05) is 13.7 Å². The first-order chi connectivity index (χ1) is 9.22. The molecule has 0 aliphatic heterocycles. The van der Waals surface area contributed by atoms with Crippen molar-refractivity contribution >= 4 is 0 Å². The van der Waals surface area contributed by atoms with Crippen molar-refractivity contribution in [3.05, 3.63) is 11.7 Å². The number of nitrogens with zero attached hydrogens (tertiary/aromatic N) is 2. The summed E-state index contributed by atoms with van der Waals surface area (Å²) >= 11 is 0. The average Bonchev–Trinajstić information content (AvgIpc) is 2.79. The van der Waals surface area contributed by atoms with Crippen molar-refractivity contribution < 1.29 is 9.26 Å². The molecule has 0 amide bonds. The maximum absolute atomic E-state index is 5.79. The normalized spacial score (nSPS) is 21.0. The van der Waals surface area contributed by atoms with Crippen LogP contribution in [0.25, 0.3) is 0 Å². The summed E-state index contributed by atoms with van der Waals surface area (Å²) in [6.45, 7) is 2.70. The van der Waals surface area contributed by atoms with E-state index in [9.17, 15) is 0 Å². The standard InChI is InChI=1S/C14H25N3O2/c1-11(7-10-15)12-16-13(17-19-12)14(18-2)8-5-3-4-6-9-14/h11H,3-10,15H2,1-2H3. The number of aromatic nitrogens is 2. The lowest BCUT2D eigenvalue weighted by atomic mass is 9.93. The monoisotopic (exact) mass is 267 g/mol. The maximum Gasteiger partial charge on any atom is 0.229 e. The number of hydrogen-bond donors (Lipinski definition) is 1. The summed E-state index contributed by atoms with van der Waals surface area (Å²) in [4.78, 5) is 4.58. The predicted molar refractivity (Wildman–Crippen MR) is 72.8 cm³/mol. The Balaban J connectivity index is 2.18. The van der Waals surface area contributed by atoms with Crippen LogP contribution in [-0.2, 0) is 10.3 Å². The molecule has 0 bridgehead atoms. The summed E-state index contributed by atoms with van der Waals surface area (Å²) in [6, 6.07) is 0. The molecule has 1 saturated carbocycles. The Hall–Kier alpha value is -0.940. The van der Waals surface area contributed by atoms with E-state index in [0.29, 0.717) is 12.4 Å². The van der Waals surface area contributed by atoms with E-state index in [2.05, 4.69) is 17.1 Å². The molecule has 2 rings (SSSR count). The maximum atomic E-state index is 5.79. The third-order valence-electron chi connectivity index (χ3n) is 4.17. The molecule has 1 atom stereocenters. The van der Waals surface area contributed by atoms with E-state index in [4.69, 9.17) is 15.0 Å². The minimum Gasteiger partial charge on any atom is -0.370 e. The molecule has 1 aromatic rings. The lowest BCUT2D eigenvalue weighted by Crippen LogP contribution is -2.29. The fourth-order valence-electron chi connectivity index (χ4n) is 2.81. The zero-order valence-corrected chi connectivity index (χ0v) is 12.0. The molecule has 5 nitrogen and oxygen atoms in total. The molecule has 0 radical (unpaired) electrons. The van der Waals surface area contributed by atoms with Crippen LogP contribution in [0.1, 0.15) is 69.5 Å². The van der Waals surface area contributed by atoms with E-state index in [1.54, 1.807) is 7.11 Å². The summed E-state index contributed by atoms with van der Waals surface area (Å²) < 4.78 is 11.2. The van der Waals surface area contributed by atoms with Gasteiger partial charge >= 0.3 is 0 Å². The minimum absolute atomic E-state index is 0.214. The van der Waals surface area contributed by atoms with Gasteiger partial charge in [0.2, 0.25) is 11.7 Å². The quantitative estimate of drug-likeness (QED) is 0.830. The SMILES string of the molecule is COC1(c2noc(C(C)CCN)n2)CCCCCC1. The highest BCUT2D eigenvalue weighted by Crippen LogP contribution is 2.37. The van der Waals surface area contributed by atoms with Gasteiger partial charge in [-0.25, -0.2) is 0 Å². The van der Waals surface area contributed by atoms with Crippen LogP contribution in [0, 0.1) is 0 Å². The van der Waals surface area contributed by atoms with E-state index in [-0.39, 0.29) is 11.5 Å². The van der Waals surface area contributed by atoms with Crippen molar-refractivity contribution in [2.24, 2.45) is 5.73 Å². The van der Waals surface area contributed by atoms with Gasteiger partial charge in [0.25, 0.3) is 0 Å². The van der Waals surface area contributed by atoms with E-state index in [1.165, 1.54) is 12.8 Å². The number of hydrogen-bond acceptors (Lipinski definition) is 5. The second-order valence-electron chi connectivity index (χ2n) is 5.55. The lowest BCUT2D eigenvalue weighted by molar-refractivity contribution is -0.0365. The van der Waals surface area contributed by atoms with E-state index in [0.717, 1.165) is 37.9 Å². The molecule has 1 aliphatic carbocycles. The molecule has 1 fully saturated rings. The highest BCUT2D eigenvalue weighted by molar-refractivity contribution is 5.04. The van der Waals surface area contributed by atoms with Gasteiger partial charge in [0, 0.05) is 13.0 Å². The van der Waals surface area contributed by atoms with Crippen LogP contribution in [0.15, 0.2) is 4.52 Å². The summed E-state index contributed by atoms with van der Waals surface area (Å²) in [7, 11) is 1.75. The molecule has 1 aromatic heterocycles. The van der Waals surface area contributed by atoms with Crippen LogP contribution in [0.5, 0.6) is 0 Å². The van der Waals surface area contributed by atoms with Crippen LogP contribution in [0.3, 0.4) is 0 Å². The summed E-state index contributed by atoms with van der Waals surface area (Å²) in [5, 5.41) is 4.18. The van der Waals surface area contributed by atoms with Crippen LogP contribution >= 0.6 is 0 Å². The molecule has 108 valence electrons. The zero-order valence-electron chi connectivity index (χ0n) is 12.0. The van der Waals surface area contributed by atoms with E-state index < -0.39 is 0 Å². The van der Waals surface area contributed by atoms with Gasteiger partial charge < -0.3 is 15.0 Å². The zero-order chi connectivity index (χ0) is 13.7. The van der Waals surface area contributed by atoms with E-state index >= 15 is 0 Å². The number of ether oxygens (including phenoxy) is 1. The Morgan fingerprint density at radius 1 is 1.32 bits per heavy atom. The van der Waals surface area contributed by atoms with Gasteiger partial charge in [0.15, 0.2) is 0 Å². The van der Waals surface area contributed by atoms with Crippen LogP contribution < -0.4 is 5.73 Å². The first-order valence-corrected chi connectivity index (χ1v) is 7.31. The topological polar surface area (TPSA) is 74.2 Å². The Bertz CT molecular complexity index is 384. The minimum atomic E-state index is -0.347. The molecule has 0 saturated heterocycles.